The average molecular weight is 250 g/mol. The molecular weight excluding hydrogens is 228 g/mol. The zero-order valence-corrected chi connectivity index (χ0v) is 11.6. The second kappa shape index (κ2) is 6.52. The molecule has 0 saturated carbocycles. The predicted molar refractivity (Wildman–Crippen MR) is 72.5 cm³/mol. The summed E-state index contributed by atoms with van der Waals surface area (Å²) in [4.78, 5) is 15.7. The molecule has 0 radical (unpaired) electrons. The van der Waals surface area contributed by atoms with Crippen LogP contribution in [-0.4, -0.2) is 54.6 Å². The van der Waals surface area contributed by atoms with Gasteiger partial charge < -0.3 is 14.9 Å². The minimum absolute atomic E-state index is 0.0268. The summed E-state index contributed by atoms with van der Waals surface area (Å²) in [5.74, 6) is -0.0621. The van der Waals surface area contributed by atoms with Crippen molar-refractivity contribution in [3.8, 4) is 0 Å². The molecule has 0 aromatic heterocycles. The first kappa shape index (κ1) is 14.7. The van der Waals surface area contributed by atoms with Crippen molar-refractivity contribution in [1.29, 1.82) is 0 Å². The highest BCUT2D eigenvalue weighted by atomic mass is 16.3. The molecule has 0 heterocycles. The minimum Gasteiger partial charge on any atom is -0.394 e. The summed E-state index contributed by atoms with van der Waals surface area (Å²) < 4.78 is 0. The molecule has 0 bridgehead atoms. The van der Waals surface area contributed by atoms with E-state index in [1.165, 1.54) is 5.56 Å². The smallest absolute Gasteiger partial charge is 0.253 e. The van der Waals surface area contributed by atoms with Crippen molar-refractivity contribution in [3.05, 3.63) is 35.4 Å². The molecule has 1 aromatic rings. The highest BCUT2D eigenvalue weighted by Crippen LogP contribution is 2.09. The van der Waals surface area contributed by atoms with Crippen LogP contribution in [0.4, 0.5) is 0 Å². The number of carbonyl (C=O) groups is 1. The van der Waals surface area contributed by atoms with Gasteiger partial charge in [0.05, 0.1) is 12.6 Å². The Morgan fingerprint density at radius 1 is 1.22 bits per heavy atom. The first-order valence-electron chi connectivity index (χ1n) is 6.07. The zero-order chi connectivity index (χ0) is 13.7. The monoisotopic (exact) mass is 250 g/mol. The van der Waals surface area contributed by atoms with Crippen molar-refractivity contribution in [2.45, 2.75) is 19.5 Å². The first-order chi connectivity index (χ1) is 8.45. The molecule has 1 aromatic carbocycles. The fraction of sp³-hybridized carbons (Fsp3) is 0.500. The van der Waals surface area contributed by atoms with Gasteiger partial charge in [0.25, 0.3) is 5.91 Å². The molecule has 4 nitrogen and oxygen atoms in total. The Balaban J connectivity index is 2.75. The van der Waals surface area contributed by atoms with E-state index in [9.17, 15) is 4.79 Å². The van der Waals surface area contributed by atoms with Gasteiger partial charge in [0.2, 0.25) is 0 Å². The minimum atomic E-state index is -0.168. The molecule has 1 N–H and O–H groups in total. The summed E-state index contributed by atoms with van der Waals surface area (Å²) in [5, 5.41) is 9.04. The largest absolute Gasteiger partial charge is 0.394 e. The summed E-state index contributed by atoms with van der Waals surface area (Å²) in [5.41, 5.74) is 1.83. The Kier molecular flexibility index (Phi) is 5.31. The quantitative estimate of drug-likeness (QED) is 0.854. The third kappa shape index (κ3) is 3.82. The van der Waals surface area contributed by atoms with Crippen molar-refractivity contribution in [2.24, 2.45) is 0 Å². The van der Waals surface area contributed by atoms with Crippen LogP contribution in [0, 0.1) is 0 Å². The molecule has 0 aliphatic heterocycles. The van der Waals surface area contributed by atoms with Crippen LogP contribution >= 0.6 is 0 Å². The van der Waals surface area contributed by atoms with Crippen LogP contribution in [0.3, 0.4) is 0 Å². The van der Waals surface area contributed by atoms with Crippen molar-refractivity contribution in [1.82, 2.24) is 9.80 Å². The summed E-state index contributed by atoms with van der Waals surface area (Å²) in [6.45, 7) is 2.65. The molecule has 1 amide bonds. The van der Waals surface area contributed by atoms with Gasteiger partial charge in [-0.05, 0) is 38.7 Å². The fourth-order valence-electron chi connectivity index (χ4n) is 1.64. The second-order valence-electron chi connectivity index (χ2n) is 4.88. The normalized spacial score (nSPS) is 12.6. The summed E-state index contributed by atoms with van der Waals surface area (Å²) in [6, 6.07) is 7.43. The maximum Gasteiger partial charge on any atom is 0.253 e. The Labute approximate surface area is 109 Å². The lowest BCUT2D eigenvalue weighted by Crippen LogP contribution is -2.37. The van der Waals surface area contributed by atoms with Gasteiger partial charge in [-0.25, -0.2) is 0 Å². The summed E-state index contributed by atoms with van der Waals surface area (Å²) in [7, 11) is 5.72. The molecule has 4 heteroatoms. The van der Waals surface area contributed by atoms with E-state index in [2.05, 4.69) is 4.90 Å². The molecule has 0 aliphatic rings. The molecular formula is C14H22N2O2. The standard InChI is InChI=1S/C14H22N2O2/c1-11(10-17)16(4)14(18)13-7-5-12(6-8-13)9-15(2)3/h5-8,11,17H,9-10H2,1-4H3. The number of nitrogens with zero attached hydrogens (tertiary/aromatic N) is 2. The van der Waals surface area contributed by atoms with Gasteiger partial charge in [0.15, 0.2) is 0 Å². The maximum absolute atomic E-state index is 12.1. The lowest BCUT2D eigenvalue weighted by Gasteiger charge is -2.23. The van der Waals surface area contributed by atoms with Crippen LogP contribution < -0.4 is 0 Å². The Morgan fingerprint density at radius 3 is 2.22 bits per heavy atom. The van der Waals surface area contributed by atoms with E-state index >= 15 is 0 Å². The molecule has 1 unspecified atom stereocenters. The van der Waals surface area contributed by atoms with Crippen LogP contribution in [0.2, 0.25) is 0 Å². The van der Waals surface area contributed by atoms with Gasteiger partial charge in [0.1, 0.15) is 0 Å². The Bertz CT molecular complexity index is 387. The molecule has 0 aliphatic carbocycles. The number of amides is 1. The number of carbonyl (C=O) groups excluding carboxylic acids is 1. The van der Waals surface area contributed by atoms with E-state index in [0.29, 0.717) is 5.56 Å². The van der Waals surface area contributed by atoms with Gasteiger partial charge >= 0.3 is 0 Å². The van der Waals surface area contributed by atoms with Crippen LogP contribution in [0.5, 0.6) is 0 Å². The molecule has 100 valence electrons. The SMILES string of the molecule is CC(CO)N(C)C(=O)c1ccc(CN(C)C)cc1. The summed E-state index contributed by atoms with van der Waals surface area (Å²) >= 11 is 0. The third-order valence-corrected chi connectivity index (χ3v) is 2.95. The van der Waals surface area contributed by atoms with Gasteiger partial charge in [-0.15, -0.1) is 0 Å². The first-order valence-corrected chi connectivity index (χ1v) is 6.07. The number of aliphatic hydroxyl groups is 1. The van der Waals surface area contributed by atoms with Crippen molar-refractivity contribution in [2.75, 3.05) is 27.7 Å². The number of hydrogen-bond donors (Lipinski definition) is 1. The van der Waals surface area contributed by atoms with E-state index in [1.807, 2.05) is 45.3 Å². The lowest BCUT2D eigenvalue weighted by molar-refractivity contribution is 0.0682. The summed E-state index contributed by atoms with van der Waals surface area (Å²) in [6.07, 6.45) is 0. The van der Waals surface area contributed by atoms with Gasteiger partial charge in [0, 0.05) is 19.2 Å². The zero-order valence-electron chi connectivity index (χ0n) is 11.6. The molecule has 1 atom stereocenters. The van der Waals surface area contributed by atoms with E-state index in [4.69, 9.17) is 5.11 Å². The maximum atomic E-state index is 12.1. The van der Waals surface area contributed by atoms with Gasteiger partial charge in [-0.3, -0.25) is 4.79 Å². The number of benzene rings is 1. The molecule has 18 heavy (non-hydrogen) atoms. The molecule has 1 rings (SSSR count). The third-order valence-electron chi connectivity index (χ3n) is 2.95. The van der Waals surface area contributed by atoms with E-state index in [0.717, 1.165) is 6.54 Å². The Morgan fingerprint density at radius 2 is 1.78 bits per heavy atom. The number of rotatable bonds is 5. The number of hydrogen-bond acceptors (Lipinski definition) is 3. The van der Waals surface area contributed by atoms with Crippen molar-refractivity contribution >= 4 is 5.91 Å². The van der Waals surface area contributed by atoms with Crippen LogP contribution in [-0.2, 0) is 6.54 Å². The van der Waals surface area contributed by atoms with E-state index in [-0.39, 0.29) is 18.6 Å². The molecule has 0 saturated heterocycles. The van der Waals surface area contributed by atoms with Crippen LogP contribution in [0.15, 0.2) is 24.3 Å². The number of aliphatic hydroxyl groups excluding tert-OH is 1. The molecule has 0 spiro atoms. The predicted octanol–water partition coefficient (Wildman–Crippen LogP) is 1.20. The number of likely N-dealkylation sites (N-methyl/N-ethyl adjacent to an activating group) is 1. The second-order valence-corrected chi connectivity index (χ2v) is 4.88. The topological polar surface area (TPSA) is 43.8 Å². The fourth-order valence-corrected chi connectivity index (χ4v) is 1.64. The van der Waals surface area contributed by atoms with Crippen molar-refractivity contribution in [3.63, 3.8) is 0 Å². The van der Waals surface area contributed by atoms with Gasteiger partial charge in [-0.1, -0.05) is 12.1 Å². The highest BCUT2D eigenvalue weighted by Gasteiger charge is 2.16. The van der Waals surface area contributed by atoms with E-state index in [1.54, 1.807) is 11.9 Å². The van der Waals surface area contributed by atoms with E-state index < -0.39 is 0 Å². The lowest BCUT2D eigenvalue weighted by atomic mass is 10.1. The molecule has 0 fully saturated rings. The highest BCUT2D eigenvalue weighted by molar-refractivity contribution is 5.94. The average Bonchev–Trinajstić information content (AvgIpc) is 2.36. The Hall–Kier alpha value is -1.39. The van der Waals surface area contributed by atoms with Gasteiger partial charge in [-0.2, -0.15) is 0 Å². The van der Waals surface area contributed by atoms with Crippen LogP contribution in [0.1, 0.15) is 22.8 Å². The van der Waals surface area contributed by atoms with Crippen LogP contribution in [0.25, 0.3) is 0 Å². The van der Waals surface area contributed by atoms with Crippen molar-refractivity contribution < 1.29 is 9.90 Å².